The van der Waals surface area contributed by atoms with Crippen molar-refractivity contribution in [1.29, 1.82) is 0 Å². The Morgan fingerprint density at radius 3 is 2.04 bits per heavy atom. The molecule has 0 bridgehead atoms. The highest BCUT2D eigenvalue weighted by atomic mass is 35.5. The van der Waals surface area contributed by atoms with Crippen LogP contribution in [0.25, 0.3) is 0 Å². The number of sulfonamides is 1. The molecule has 0 saturated heterocycles. The van der Waals surface area contributed by atoms with Gasteiger partial charge in [-0.15, -0.1) is 0 Å². The zero-order valence-electron chi connectivity index (χ0n) is 15.0. The molecule has 0 aliphatic heterocycles. The molecule has 3 aromatic carbocycles. The molecule has 0 atom stereocenters. The van der Waals surface area contributed by atoms with Gasteiger partial charge in [0.1, 0.15) is 0 Å². The predicted molar refractivity (Wildman–Crippen MR) is 112 cm³/mol. The molecule has 0 saturated carbocycles. The maximum atomic E-state index is 13.4. The molecule has 0 N–H and O–H groups in total. The van der Waals surface area contributed by atoms with E-state index < -0.39 is 10.0 Å². The van der Waals surface area contributed by atoms with Crippen LogP contribution in [0.1, 0.15) is 16.7 Å². The lowest BCUT2D eigenvalue weighted by atomic mass is 10.1. The first kappa shape index (κ1) is 19.7. The molecule has 3 rings (SSSR count). The van der Waals surface area contributed by atoms with Crippen LogP contribution in [0, 0.1) is 13.8 Å². The van der Waals surface area contributed by atoms with E-state index in [-0.39, 0.29) is 11.4 Å². The van der Waals surface area contributed by atoms with E-state index in [0.717, 1.165) is 11.1 Å². The Kier molecular flexibility index (Phi) is 5.80. The largest absolute Gasteiger partial charge is 0.264 e. The minimum absolute atomic E-state index is 0.0399. The van der Waals surface area contributed by atoms with Crippen molar-refractivity contribution in [2.75, 3.05) is 4.31 Å². The van der Waals surface area contributed by atoms with Crippen molar-refractivity contribution in [3.8, 4) is 0 Å². The van der Waals surface area contributed by atoms with Gasteiger partial charge in [-0.1, -0.05) is 53.5 Å². The van der Waals surface area contributed by atoms with Gasteiger partial charge in [-0.25, -0.2) is 8.42 Å². The van der Waals surface area contributed by atoms with E-state index in [1.807, 2.05) is 26.0 Å². The molecule has 0 radical (unpaired) electrons. The highest BCUT2D eigenvalue weighted by Crippen LogP contribution is 2.32. The summed E-state index contributed by atoms with van der Waals surface area (Å²) in [6.07, 6.45) is 0. The number of nitrogens with zero attached hydrogens (tertiary/aromatic N) is 1. The fourth-order valence-corrected chi connectivity index (χ4v) is 4.71. The minimum atomic E-state index is -3.80. The second-order valence-corrected chi connectivity index (χ2v) is 8.97. The predicted octanol–water partition coefficient (Wildman–Crippen LogP) is 6.01. The summed E-state index contributed by atoms with van der Waals surface area (Å²) in [5.41, 5.74) is 3.23. The van der Waals surface area contributed by atoms with Gasteiger partial charge >= 0.3 is 0 Å². The third-order valence-electron chi connectivity index (χ3n) is 4.47. The van der Waals surface area contributed by atoms with Crippen LogP contribution < -0.4 is 4.31 Å². The number of aryl methyl sites for hydroxylation is 2. The van der Waals surface area contributed by atoms with E-state index in [0.29, 0.717) is 21.3 Å². The van der Waals surface area contributed by atoms with Crippen molar-refractivity contribution < 1.29 is 8.42 Å². The summed E-state index contributed by atoms with van der Waals surface area (Å²) >= 11 is 12.6. The summed E-state index contributed by atoms with van der Waals surface area (Å²) < 4.78 is 28.1. The monoisotopic (exact) mass is 419 g/mol. The van der Waals surface area contributed by atoms with Gasteiger partial charge in [0.2, 0.25) is 0 Å². The normalized spacial score (nSPS) is 11.4. The van der Waals surface area contributed by atoms with Crippen molar-refractivity contribution in [1.82, 2.24) is 0 Å². The summed E-state index contributed by atoms with van der Waals surface area (Å²) in [6.45, 7) is 3.98. The zero-order valence-corrected chi connectivity index (χ0v) is 17.3. The SMILES string of the molecule is Cc1ccc(N(Cc2c(Cl)cccc2Cl)S(=O)(=O)c2ccccc2)cc1C. The van der Waals surface area contributed by atoms with Gasteiger partial charge in [-0.05, 0) is 61.4 Å². The zero-order chi connectivity index (χ0) is 19.6. The van der Waals surface area contributed by atoms with Crippen molar-refractivity contribution in [2.45, 2.75) is 25.3 Å². The Morgan fingerprint density at radius 1 is 0.815 bits per heavy atom. The number of hydrogen-bond acceptors (Lipinski definition) is 2. The highest BCUT2D eigenvalue weighted by Gasteiger charge is 2.26. The summed E-state index contributed by atoms with van der Waals surface area (Å²) in [5.74, 6) is 0. The summed E-state index contributed by atoms with van der Waals surface area (Å²) in [5, 5.41) is 0.860. The van der Waals surface area contributed by atoms with E-state index in [1.165, 1.54) is 4.31 Å². The van der Waals surface area contributed by atoms with E-state index in [9.17, 15) is 8.42 Å². The second kappa shape index (κ2) is 7.93. The van der Waals surface area contributed by atoms with Crippen molar-refractivity contribution in [2.24, 2.45) is 0 Å². The van der Waals surface area contributed by atoms with Gasteiger partial charge in [0.05, 0.1) is 17.1 Å². The molecule has 0 fully saturated rings. The van der Waals surface area contributed by atoms with Crippen molar-refractivity contribution in [3.63, 3.8) is 0 Å². The Bertz CT molecular complexity index is 1050. The maximum Gasteiger partial charge on any atom is 0.264 e. The van der Waals surface area contributed by atoms with Crippen LogP contribution in [0.3, 0.4) is 0 Å². The molecule has 0 aromatic heterocycles. The molecule has 0 amide bonds. The van der Waals surface area contributed by atoms with Crippen LogP contribution in [0.4, 0.5) is 5.69 Å². The van der Waals surface area contributed by atoms with Crippen molar-refractivity contribution >= 4 is 38.9 Å². The third kappa shape index (κ3) is 4.13. The number of halogens is 2. The van der Waals surface area contributed by atoms with Crippen LogP contribution in [-0.4, -0.2) is 8.42 Å². The number of rotatable bonds is 5. The van der Waals surface area contributed by atoms with Crippen molar-refractivity contribution in [3.05, 3.63) is 93.5 Å². The van der Waals surface area contributed by atoms with Crippen LogP contribution in [-0.2, 0) is 16.6 Å². The van der Waals surface area contributed by atoms with Crippen LogP contribution in [0.5, 0.6) is 0 Å². The fourth-order valence-electron chi connectivity index (χ4n) is 2.74. The Labute approximate surface area is 170 Å². The molecular weight excluding hydrogens is 401 g/mol. The molecule has 0 aliphatic carbocycles. The molecule has 0 aliphatic rings. The number of anilines is 1. The Balaban J connectivity index is 2.16. The molecule has 0 unspecified atom stereocenters. The van der Waals surface area contributed by atoms with Gasteiger partial charge in [0.15, 0.2) is 0 Å². The molecule has 0 heterocycles. The first-order chi connectivity index (χ1) is 12.8. The minimum Gasteiger partial charge on any atom is -0.262 e. The van der Waals surface area contributed by atoms with E-state index in [2.05, 4.69) is 0 Å². The molecule has 3 aromatic rings. The Morgan fingerprint density at radius 2 is 1.44 bits per heavy atom. The summed E-state index contributed by atoms with van der Waals surface area (Å²) in [6, 6.07) is 19.1. The lowest BCUT2D eigenvalue weighted by Gasteiger charge is -2.26. The summed E-state index contributed by atoms with van der Waals surface area (Å²) in [7, 11) is -3.80. The second-order valence-electron chi connectivity index (χ2n) is 6.29. The standard InChI is InChI=1S/C21H19Cl2NO2S/c1-15-11-12-17(13-16(15)2)24(14-19-20(22)9-6-10-21(19)23)27(25,26)18-7-4-3-5-8-18/h3-13H,14H2,1-2H3. The van der Waals surface area contributed by atoms with Crippen LogP contribution >= 0.6 is 23.2 Å². The first-order valence-electron chi connectivity index (χ1n) is 8.38. The average molecular weight is 420 g/mol. The lowest BCUT2D eigenvalue weighted by molar-refractivity contribution is 0.590. The molecule has 27 heavy (non-hydrogen) atoms. The van der Waals surface area contributed by atoms with Gasteiger partial charge in [0, 0.05) is 15.6 Å². The first-order valence-corrected chi connectivity index (χ1v) is 10.6. The van der Waals surface area contributed by atoms with Gasteiger partial charge < -0.3 is 0 Å². The lowest BCUT2D eigenvalue weighted by Crippen LogP contribution is -2.31. The van der Waals surface area contributed by atoms with Gasteiger partial charge in [-0.3, -0.25) is 4.31 Å². The quantitative estimate of drug-likeness (QED) is 0.507. The topological polar surface area (TPSA) is 37.4 Å². The van der Waals surface area contributed by atoms with Gasteiger partial charge in [-0.2, -0.15) is 0 Å². The van der Waals surface area contributed by atoms with E-state index in [1.54, 1.807) is 54.6 Å². The van der Waals surface area contributed by atoms with Crippen LogP contribution in [0.15, 0.2) is 71.6 Å². The fraction of sp³-hybridized carbons (Fsp3) is 0.143. The highest BCUT2D eigenvalue weighted by molar-refractivity contribution is 7.92. The maximum absolute atomic E-state index is 13.4. The van der Waals surface area contributed by atoms with Gasteiger partial charge in [0.25, 0.3) is 10.0 Å². The summed E-state index contributed by atoms with van der Waals surface area (Å²) in [4.78, 5) is 0.214. The molecule has 3 nitrogen and oxygen atoms in total. The number of hydrogen-bond donors (Lipinski definition) is 0. The third-order valence-corrected chi connectivity index (χ3v) is 6.97. The Hall–Kier alpha value is -2.01. The molecule has 140 valence electrons. The van der Waals surface area contributed by atoms with Crippen LogP contribution in [0.2, 0.25) is 10.0 Å². The number of benzene rings is 3. The van der Waals surface area contributed by atoms with E-state index in [4.69, 9.17) is 23.2 Å². The molecule has 0 spiro atoms. The average Bonchev–Trinajstić information content (AvgIpc) is 2.64. The molecule has 6 heteroatoms. The van der Waals surface area contributed by atoms with E-state index >= 15 is 0 Å². The smallest absolute Gasteiger partial charge is 0.262 e. The molecular formula is C21H19Cl2NO2S.